The molecule has 5 nitrogen and oxygen atoms in total. The Morgan fingerprint density at radius 3 is 2.55 bits per heavy atom. The van der Waals surface area contributed by atoms with Gasteiger partial charge in [0.1, 0.15) is 12.6 Å². The highest BCUT2D eigenvalue weighted by Crippen LogP contribution is 2.20. The molecule has 0 aliphatic rings. The average Bonchev–Trinajstić information content (AvgIpc) is 2.54. The van der Waals surface area contributed by atoms with Gasteiger partial charge in [0.15, 0.2) is 0 Å². The van der Waals surface area contributed by atoms with Gasteiger partial charge in [0, 0.05) is 13.5 Å². The molecule has 0 aliphatic carbocycles. The summed E-state index contributed by atoms with van der Waals surface area (Å²) >= 11 is 0. The summed E-state index contributed by atoms with van der Waals surface area (Å²) in [5, 5.41) is 4.79. The first-order valence-corrected chi connectivity index (χ1v) is 6.98. The highest BCUT2D eigenvalue weighted by Gasteiger charge is 2.22. The third-order valence-corrected chi connectivity index (χ3v) is 3.40. The van der Waals surface area contributed by atoms with E-state index in [1.165, 1.54) is 14.2 Å². The largest absolute Gasteiger partial charge is 0.467 e. The molecule has 1 amide bonds. The van der Waals surface area contributed by atoms with Crippen LogP contribution < -0.4 is 5.32 Å². The maximum absolute atomic E-state index is 11.9. The Labute approximate surface area is 129 Å². The van der Waals surface area contributed by atoms with Crippen molar-refractivity contribution in [1.29, 1.82) is 0 Å². The van der Waals surface area contributed by atoms with Crippen LogP contribution in [0.2, 0.25) is 0 Å². The van der Waals surface area contributed by atoms with Crippen LogP contribution in [0.25, 0.3) is 10.8 Å². The highest BCUT2D eigenvalue weighted by atomic mass is 16.5. The van der Waals surface area contributed by atoms with Gasteiger partial charge in [-0.15, -0.1) is 0 Å². The lowest BCUT2D eigenvalue weighted by atomic mass is 9.99. The zero-order valence-corrected chi connectivity index (χ0v) is 12.7. The van der Waals surface area contributed by atoms with Gasteiger partial charge in [-0.25, -0.2) is 4.79 Å². The Kier molecular flexibility index (Phi) is 5.49. The summed E-state index contributed by atoms with van der Waals surface area (Å²) in [6, 6.07) is 13.1. The zero-order valence-electron chi connectivity index (χ0n) is 12.7. The molecule has 0 saturated heterocycles. The molecule has 0 unspecified atom stereocenters. The molecule has 0 aliphatic heterocycles. The van der Waals surface area contributed by atoms with Crippen LogP contribution in [0.15, 0.2) is 42.5 Å². The molecule has 1 atom stereocenters. The van der Waals surface area contributed by atoms with E-state index in [-0.39, 0.29) is 12.5 Å². The molecule has 2 rings (SSSR count). The van der Waals surface area contributed by atoms with Crippen molar-refractivity contribution in [2.45, 2.75) is 12.5 Å². The number of carbonyl (C=O) groups excluding carboxylic acids is 2. The van der Waals surface area contributed by atoms with Gasteiger partial charge in [0.2, 0.25) is 5.91 Å². The summed E-state index contributed by atoms with van der Waals surface area (Å²) in [6.45, 7) is -0.0942. The number of hydrogen-bond acceptors (Lipinski definition) is 4. The first-order valence-electron chi connectivity index (χ1n) is 6.98. The number of rotatable bonds is 6. The Morgan fingerprint density at radius 2 is 1.82 bits per heavy atom. The van der Waals surface area contributed by atoms with Crippen LogP contribution in [-0.4, -0.2) is 38.7 Å². The maximum Gasteiger partial charge on any atom is 0.328 e. The fourth-order valence-electron chi connectivity index (χ4n) is 2.39. The van der Waals surface area contributed by atoms with E-state index in [0.29, 0.717) is 6.42 Å². The van der Waals surface area contributed by atoms with Crippen molar-refractivity contribution in [3.8, 4) is 0 Å². The Morgan fingerprint density at radius 1 is 1.09 bits per heavy atom. The summed E-state index contributed by atoms with van der Waals surface area (Å²) in [7, 11) is 2.73. The van der Waals surface area contributed by atoms with Crippen molar-refractivity contribution < 1.29 is 19.1 Å². The molecular weight excluding hydrogens is 282 g/mol. The molecule has 0 fully saturated rings. The van der Waals surface area contributed by atoms with Crippen LogP contribution in [0.3, 0.4) is 0 Å². The van der Waals surface area contributed by atoms with Crippen LogP contribution in [0.5, 0.6) is 0 Å². The Hall–Kier alpha value is -2.40. The standard InChI is InChI=1S/C17H19NO4/c1-21-11-16(19)18-15(17(20)22-2)10-13-8-5-7-12-6-3-4-9-14(12)13/h3-9,15H,10-11H2,1-2H3,(H,18,19)/t15-/m1/s1. The molecule has 22 heavy (non-hydrogen) atoms. The number of ether oxygens (including phenoxy) is 2. The van der Waals surface area contributed by atoms with E-state index in [0.717, 1.165) is 16.3 Å². The number of methoxy groups -OCH3 is 2. The number of hydrogen-bond donors (Lipinski definition) is 1. The van der Waals surface area contributed by atoms with Crippen LogP contribution in [0.1, 0.15) is 5.56 Å². The minimum atomic E-state index is -0.738. The third-order valence-electron chi connectivity index (χ3n) is 3.40. The normalized spacial score (nSPS) is 11.9. The van der Waals surface area contributed by atoms with E-state index < -0.39 is 12.0 Å². The van der Waals surface area contributed by atoms with Crippen LogP contribution >= 0.6 is 0 Å². The van der Waals surface area contributed by atoms with Crippen LogP contribution in [0, 0.1) is 0 Å². The lowest BCUT2D eigenvalue weighted by Gasteiger charge is -2.17. The molecular formula is C17H19NO4. The molecule has 0 saturated carbocycles. The average molecular weight is 301 g/mol. The summed E-state index contributed by atoms with van der Waals surface area (Å²) in [5.41, 5.74) is 0.978. The molecule has 0 aromatic heterocycles. The topological polar surface area (TPSA) is 64.6 Å². The molecule has 2 aromatic rings. The maximum atomic E-state index is 11.9. The van der Waals surface area contributed by atoms with Crippen molar-refractivity contribution >= 4 is 22.6 Å². The van der Waals surface area contributed by atoms with Gasteiger partial charge >= 0.3 is 5.97 Å². The van der Waals surface area contributed by atoms with Crippen molar-refractivity contribution in [3.63, 3.8) is 0 Å². The number of carbonyl (C=O) groups is 2. The predicted octanol–water partition coefficient (Wildman–Crippen LogP) is 1.69. The fourth-order valence-corrected chi connectivity index (χ4v) is 2.39. The van der Waals surface area contributed by atoms with Gasteiger partial charge in [-0.3, -0.25) is 4.79 Å². The van der Waals surface area contributed by atoms with E-state index >= 15 is 0 Å². The van der Waals surface area contributed by atoms with Gasteiger partial charge in [-0.2, -0.15) is 0 Å². The summed E-state index contributed by atoms with van der Waals surface area (Å²) in [4.78, 5) is 23.6. The quantitative estimate of drug-likeness (QED) is 0.825. The van der Waals surface area contributed by atoms with Crippen molar-refractivity contribution in [1.82, 2.24) is 5.32 Å². The second-order valence-electron chi connectivity index (χ2n) is 4.92. The lowest BCUT2D eigenvalue weighted by molar-refractivity contribution is -0.145. The number of fused-ring (bicyclic) bond motifs is 1. The van der Waals surface area contributed by atoms with Crippen LogP contribution in [0.4, 0.5) is 0 Å². The predicted molar refractivity (Wildman–Crippen MR) is 83.5 cm³/mol. The lowest BCUT2D eigenvalue weighted by Crippen LogP contribution is -2.44. The fraction of sp³-hybridized carbons (Fsp3) is 0.294. The van der Waals surface area contributed by atoms with Gasteiger partial charge in [0.25, 0.3) is 0 Å². The minimum Gasteiger partial charge on any atom is -0.467 e. The molecule has 2 aromatic carbocycles. The van der Waals surface area contributed by atoms with Gasteiger partial charge in [-0.1, -0.05) is 42.5 Å². The van der Waals surface area contributed by atoms with Crippen LogP contribution in [-0.2, 0) is 25.5 Å². The number of benzene rings is 2. The van der Waals surface area contributed by atoms with Crippen molar-refractivity contribution in [3.05, 3.63) is 48.0 Å². The number of esters is 1. The van der Waals surface area contributed by atoms with E-state index in [1.54, 1.807) is 0 Å². The van der Waals surface area contributed by atoms with E-state index in [2.05, 4.69) is 5.32 Å². The van der Waals surface area contributed by atoms with Crippen molar-refractivity contribution in [2.75, 3.05) is 20.8 Å². The molecule has 0 bridgehead atoms. The first kappa shape index (κ1) is 16.0. The molecule has 0 heterocycles. The monoisotopic (exact) mass is 301 g/mol. The van der Waals surface area contributed by atoms with Gasteiger partial charge < -0.3 is 14.8 Å². The highest BCUT2D eigenvalue weighted by molar-refractivity contribution is 5.88. The second kappa shape index (κ2) is 7.56. The minimum absolute atomic E-state index is 0.0942. The molecule has 116 valence electrons. The second-order valence-corrected chi connectivity index (χ2v) is 4.92. The molecule has 5 heteroatoms. The summed E-state index contributed by atoms with van der Waals surface area (Å²) in [5.74, 6) is -0.824. The summed E-state index contributed by atoms with van der Waals surface area (Å²) < 4.78 is 9.56. The van der Waals surface area contributed by atoms with Crippen molar-refractivity contribution in [2.24, 2.45) is 0 Å². The van der Waals surface area contributed by atoms with E-state index in [9.17, 15) is 9.59 Å². The molecule has 1 N–H and O–H groups in total. The number of nitrogens with one attached hydrogen (secondary N) is 1. The molecule has 0 spiro atoms. The number of amides is 1. The first-order chi connectivity index (χ1) is 10.7. The Bertz CT molecular complexity index is 663. The SMILES string of the molecule is COCC(=O)N[C@H](Cc1cccc2ccccc12)C(=O)OC. The third kappa shape index (κ3) is 3.83. The smallest absolute Gasteiger partial charge is 0.328 e. The molecule has 0 radical (unpaired) electrons. The van der Waals surface area contributed by atoms with E-state index in [4.69, 9.17) is 9.47 Å². The summed E-state index contributed by atoms with van der Waals surface area (Å²) in [6.07, 6.45) is 0.365. The van der Waals surface area contributed by atoms with Gasteiger partial charge in [-0.05, 0) is 16.3 Å². The van der Waals surface area contributed by atoms with Gasteiger partial charge in [0.05, 0.1) is 7.11 Å². The van der Waals surface area contributed by atoms with E-state index in [1.807, 2.05) is 42.5 Å². The Balaban J connectivity index is 2.25. The zero-order chi connectivity index (χ0) is 15.9.